The average molecular weight is 556 g/mol. The Labute approximate surface area is 230 Å². The summed E-state index contributed by atoms with van der Waals surface area (Å²) in [5, 5.41) is 3.03. The van der Waals surface area contributed by atoms with Gasteiger partial charge in [0.2, 0.25) is 0 Å². The van der Waals surface area contributed by atoms with E-state index in [4.69, 9.17) is 13.6 Å². The second-order valence-electron chi connectivity index (χ2n) is 13.5. The van der Waals surface area contributed by atoms with Crippen LogP contribution in [0.4, 0.5) is 0 Å². The Morgan fingerprint density at radius 1 is 0.895 bits per heavy atom. The van der Waals surface area contributed by atoms with E-state index in [1.165, 1.54) is 0 Å². The van der Waals surface area contributed by atoms with Crippen LogP contribution in [0.2, 0.25) is 36.3 Å². The molecule has 2 aromatic carbocycles. The predicted octanol–water partition coefficient (Wildman–Crippen LogP) is 7.11. The van der Waals surface area contributed by atoms with Crippen LogP contribution in [0.3, 0.4) is 0 Å². The highest BCUT2D eigenvalue weighted by molar-refractivity contribution is 6.75. The zero-order chi connectivity index (χ0) is 28.6. The Morgan fingerprint density at radius 3 is 1.95 bits per heavy atom. The molecule has 1 heterocycles. The van der Waals surface area contributed by atoms with Gasteiger partial charge in [0.05, 0.1) is 6.61 Å². The van der Waals surface area contributed by atoms with Crippen molar-refractivity contribution in [2.24, 2.45) is 0 Å². The first-order chi connectivity index (χ1) is 17.4. The Hall–Kier alpha value is -2.59. The summed E-state index contributed by atoms with van der Waals surface area (Å²) in [5.41, 5.74) is 0.253. The number of benzene rings is 2. The second-order valence-corrected chi connectivity index (χ2v) is 22.9. The van der Waals surface area contributed by atoms with E-state index in [0.717, 1.165) is 11.3 Å². The third-order valence-electron chi connectivity index (χ3n) is 8.40. The van der Waals surface area contributed by atoms with Crippen LogP contribution in [0.25, 0.3) is 0 Å². The van der Waals surface area contributed by atoms with Gasteiger partial charge in [0, 0.05) is 18.4 Å². The van der Waals surface area contributed by atoms with Crippen molar-refractivity contribution in [3.05, 3.63) is 59.7 Å². The molecule has 1 fully saturated rings. The average Bonchev–Trinajstić information content (AvgIpc) is 3.13. The molecule has 0 bridgehead atoms. The minimum Gasteiger partial charge on any atom is -0.541 e. The van der Waals surface area contributed by atoms with Gasteiger partial charge < -0.3 is 18.9 Å². The van der Waals surface area contributed by atoms with Gasteiger partial charge in [-0.1, -0.05) is 65.8 Å². The lowest BCUT2D eigenvalue weighted by atomic mass is 9.88. The number of hydrogen-bond acceptors (Lipinski definition) is 5. The third-order valence-corrected chi connectivity index (χ3v) is 17.1. The predicted molar refractivity (Wildman–Crippen MR) is 158 cm³/mol. The Kier molecular flexibility index (Phi) is 8.30. The molecule has 8 heteroatoms. The van der Waals surface area contributed by atoms with Crippen molar-refractivity contribution in [2.75, 3.05) is 6.61 Å². The lowest BCUT2D eigenvalue weighted by Crippen LogP contribution is -2.53. The normalized spacial score (nSPS) is 18.6. The second kappa shape index (κ2) is 10.5. The van der Waals surface area contributed by atoms with E-state index in [2.05, 4.69) is 73.0 Å². The van der Waals surface area contributed by atoms with Crippen LogP contribution in [0.5, 0.6) is 11.5 Å². The number of esters is 1. The molecule has 3 rings (SSSR count). The number of amides is 1. The molecule has 1 saturated heterocycles. The van der Waals surface area contributed by atoms with Crippen LogP contribution in [-0.2, 0) is 16.0 Å². The van der Waals surface area contributed by atoms with E-state index in [9.17, 15) is 9.59 Å². The monoisotopic (exact) mass is 555 g/mol. The summed E-state index contributed by atoms with van der Waals surface area (Å²) in [5.74, 6) is 0.742. The van der Waals surface area contributed by atoms with E-state index >= 15 is 0 Å². The summed E-state index contributed by atoms with van der Waals surface area (Å²) in [7, 11) is -4.33. The van der Waals surface area contributed by atoms with Gasteiger partial charge in [0.1, 0.15) is 17.0 Å². The van der Waals surface area contributed by atoms with Crippen LogP contribution in [0.1, 0.15) is 63.9 Å². The standard InChI is InChI=1S/C30H45NO5Si2/c1-28(2,3)37(7,8)35-24-17-16-22(20-25(24)36-38(9,10)29(4,5)6)21-30(18-19-34-27(30)33)31-26(32)23-14-12-11-13-15-23/h11-17,20H,18-19,21H2,1-10H3,(H,31,32)/t30-/m1/s1. The number of carbonyl (C=O) groups excluding carboxylic acids is 2. The minimum atomic E-state index is -2.19. The van der Waals surface area contributed by atoms with Crippen molar-refractivity contribution in [3.8, 4) is 11.5 Å². The Morgan fingerprint density at radius 2 is 1.45 bits per heavy atom. The number of cyclic esters (lactones) is 1. The highest BCUT2D eigenvalue weighted by atomic mass is 28.4. The molecule has 0 radical (unpaired) electrons. The maximum Gasteiger partial charge on any atom is 0.332 e. The molecule has 1 aliphatic heterocycles. The van der Waals surface area contributed by atoms with Crippen molar-refractivity contribution >= 4 is 28.5 Å². The fourth-order valence-electron chi connectivity index (χ4n) is 3.79. The van der Waals surface area contributed by atoms with Crippen molar-refractivity contribution in [1.82, 2.24) is 5.32 Å². The van der Waals surface area contributed by atoms with E-state index in [1.54, 1.807) is 24.3 Å². The highest BCUT2D eigenvalue weighted by Crippen LogP contribution is 2.44. The van der Waals surface area contributed by atoms with Crippen LogP contribution < -0.4 is 14.2 Å². The first-order valence-electron chi connectivity index (χ1n) is 13.4. The van der Waals surface area contributed by atoms with E-state index in [-0.39, 0.29) is 22.6 Å². The molecule has 0 saturated carbocycles. The lowest BCUT2D eigenvalue weighted by molar-refractivity contribution is -0.143. The molecule has 0 aromatic heterocycles. The molecule has 38 heavy (non-hydrogen) atoms. The summed E-state index contributed by atoms with van der Waals surface area (Å²) in [6, 6.07) is 14.9. The fourth-order valence-corrected chi connectivity index (χ4v) is 5.83. The maximum absolute atomic E-state index is 13.1. The van der Waals surface area contributed by atoms with E-state index < -0.39 is 28.1 Å². The molecular formula is C30H45NO5Si2. The summed E-state index contributed by atoms with van der Waals surface area (Å²) in [6.07, 6.45) is 0.712. The zero-order valence-electron chi connectivity index (χ0n) is 24.8. The number of hydrogen-bond donors (Lipinski definition) is 1. The zero-order valence-corrected chi connectivity index (χ0v) is 26.8. The van der Waals surface area contributed by atoms with Crippen LogP contribution in [0.15, 0.2) is 48.5 Å². The van der Waals surface area contributed by atoms with Crippen LogP contribution in [-0.4, -0.2) is 40.7 Å². The van der Waals surface area contributed by atoms with Crippen molar-refractivity contribution in [2.45, 2.75) is 96.2 Å². The molecule has 2 aromatic rings. The molecule has 1 aliphatic rings. The maximum atomic E-state index is 13.1. The smallest absolute Gasteiger partial charge is 0.332 e. The molecule has 208 valence electrons. The van der Waals surface area contributed by atoms with E-state index in [1.807, 2.05) is 24.3 Å². The quantitative estimate of drug-likeness (QED) is 0.277. The highest BCUT2D eigenvalue weighted by Gasteiger charge is 2.47. The third kappa shape index (κ3) is 6.51. The minimum absolute atomic E-state index is 0.00259. The number of rotatable bonds is 8. The molecule has 0 aliphatic carbocycles. The van der Waals surface area contributed by atoms with Gasteiger partial charge in [-0.15, -0.1) is 0 Å². The molecule has 0 unspecified atom stereocenters. The Bertz CT molecular complexity index is 1170. The summed E-state index contributed by atoms with van der Waals surface area (Å²) in [6.45, 7) is 22.4. The fraction of sp³-hybridized carbons (Fsp3) is 0.533. The summed E-state index contributed by atoms with van der Waals surface area (Å²) in [4.78, 5) is 26.1. The SMILES string of the molecule is CC(C)(C)[Si](C)(C)Oc1ccc(C[C@]2(NC(=O)c3ccccc3)CCOC2=O)cc1O[Si](C)(C)C(C)(C)C. The molecule has 1 atom stereocenters. The molecular weight excluding hydrogens is 511 g/mol. The first kappa shape index (κ1) is 30.0. The van der Waals surface area contributed by atoms with Crippen LogP contribution >= 0.6 is 0 Å². The van der Waals surface area contributed by atoms with Gasteiger partial charge >= 0.3 is 5.97 Å². The van der Waals surface area contributed by atoms with Crippen LogP contribution in [0, 0.1) is 0 Å². The summed E-state index contributed by atoms with van der Waals surface area (Å²) < 4.78 is 18.9. The van der Waals surface area contributed by atoms with Crippen molar-refractivity contribution in [3.63, 3.8) is 0 Å². The number of ether oxygens (including phenoxy) is 1. The van der Waals surface area contributed by atoms with Gasteiger partial charge in [-0.3, -0.25) is 4.79 Å². The number of carbonyl (C=O) groups is 2. The Balaban J connectivity index is 2.00. The van der Waals surface area contributed by atoms with Gasteiger partial charge in [-0.05, 0) is 66.1 Å². The lowest BCUT2D eigenvalue weighted by Gasteiger charge is -2.40. The molecule has 0 spiro atoms. The largest absolute Gasteiger partial charge is 0.541 e. The molecule has 6 nitrogen and oxygen atoms in total. The van der Waals surface area contributed by atoms with E-state index in [0.29, 0.717) is 24.2 Å². The summed E-state index contributed by atoms with van der Waals surface area (Å²) >= 11 is 0. The van der Waals surface area contributed by atoms with Crippen molar-refractivity contribution < 1.29 is 23.2 Å². The van der Waals surface area contributed by atoms with Gasteiger partial charge in [0.25, 0.3) is 22.5 Å². The van der Waals surface area contributed by atoms with Gasteiger partial charge in [-0.25, -0.2) is 4.79 Å². The molecule has 1 N–H and O–H groups in total. The van der Waals surface area contributed by atoms with Crippen molar-refractivity contribution in [1.29, 1.82) is 0 Å². The topological polar surface area (TPSA) is 73.9 Å². The van der Waals surface area contributed by atoms with Gasteiger partial charge in [0.15, 0.2) is 0 Å². The number of nitrogens with one attached hydrogen (secondary N) is 1. The first-order valence-corrected chi connectivity index (χ1v) is 19.2. The molecule has 1 amide bonds. The van der Waals surface area contributed by atoms with Gasteiger partial charge in [-0.2, -0.15) is 0 Å².